The van der Waals surface area contributed by atoms with Gasteiger partial charge in [0.05, 0.1) is 13.2 Å². The lowest BCUT2D eigenvalue weighted by molar-refractivity contribution is -0.116. The fraction of sp³-hybridized carbons (Fsp3) is 0.316. The minimum absolute atomic E-state index is 0.0672. The van der Waals surface area contributed by atoms with Crippen molar-refractivity contribution in [2.24, 2.45) is 0 Å². The van der Waals surface area contributed by atoms with Crippen LogP contribution in [0.2, 0.25) is 0 Å². The highest BCUT2D eigenvalue weighted by atomic mass is 32.1. The molecule has 0 aliphatic carbocycles. The number of rotatable bonds is 6. The van der Waals surface area contributed by atoms with Crippen molar-refractivity contribution in [2.75, 3.05) is 26.3 Å². The predicted octanol–water partition coefficient (Wildman–Crippen LogP) is 2.91. The Labute approximate surface area is 146 Å². The van der Waals surface area contributed by atoms with E-state index in [1.54, 1.807) is 17.4 Å². The number of nitrogens with zero attached hydrogens (tertiary/aromatic N) is 1. The van der Waals surface area contributed by atoms with Crippen molar-refractivity contribution in [3.05, 3.63) is 63.9 Å². The molecular formula is C19H22N2O2S. The molecule has 0 atom stereocenters. The van der Waals surface area contributed by atoms with Gasteiger partial charge in [-0.2, -0.15) is 11.3 Å². The first-order chi connectivity index (χ1) is 11.8. The molecule has 1 amide bonds. The van der Waals surface area contributed by atoms with E-state index in [1.807, 2.05) is 29.0 Å². The Morgan fingerprint density at radius 1 is 1.21 bits per heavy atom. The summed E-state index contributed by atoms with van der Waals surface area (Å²) >= 11 is 1.62. The van der Waals surface area contributed by atoms with Crippen LogP contribution < -0.4 is 5.32 Å². The van der Waals surface area contributed by atoms with E-state index in [1.165, 1.54) is 11.1 Å². The summed E-state index contributed by atoms with van der Waals surface area (Å²) in [5, 5.41) is 6.99. The smallest absolute Gasteiger partial charge is 0.244 e. The lowest BCUT2D eigenvalue weighted by atomic mass is 10.1. The Bertz CT molecular complexity index is 676. The number of thiophene rings is 1. The second-order valence-corrected chi connectivity index (χ2v) is 6.55. The largest absolute Gasteiger partial charge is 0.379 e. The van der Waals surface area contributed by atoms with Crippen LogP contribution in [0.15, 0.2) is 47.2 Å². The normalized spacial score (nSPS) is 15.7. The van der Waals surface area contributed by atoms with Crippen LogP contribution in [-0.4, -0.2) is 37.1 Å². The second-order valence-electron chi connectivity index (χ2n) is 5.77. The van der Waals surface area contributed by atoms with Crippen molar-refractivity contribution in [1.82, 2.24) is 10.2 Å². The van der Waals surface area contributed by atoms with Crippen LogP contribution in [0.25, 0.3) is 6.08 Å². The summed E-state index contributed by atoms with van der Waals surface area (Å²) in [6.07, 6.45) is 3.43. The standard InChI is InChI=1S/C19H22N2O2S/c22-19(6-5-16-7-12-24-15-16)20-13-17-3-1-2-4-18(17)14-21-8-10-23-11-9-21/h1-7,12,15H,8-11,13-14H2,(H,20,22). The lowest BCUT2D eigenvalue weighted by Crippen LogP contribution is -2.36. The van der Waals surface area contributed by atoms with E-state index >= 15 is 0 Å². The third-order valence-corrected chi connectivity index (χ3v) is 4.74. The molecule has 1 N–H and O–H groups in total. The molecule has 5 heteroatoms. The third-order valence-electron chi connectivity index (χ3n) is 4.04. The number of amides is 1. The van der Waals surface area contributed by atoms with E-state index in [2.05, 4.69) is 28.4 Å². The van der Waals surface area contributed by atoms with Crippen LogP contribution in [0, 0.1) is 0 Å². The molecule has 0 unspecified atom stereocenters. The van der Waals surface area contributed by atoms with Gasteiger partial charge in [-0.1, -0.05) is 24.3 Å². The maximum atomic E-state index is 12.0. The van der Waals surface area contributed by atoms with Crippen molar-refractivity contribution in [3.63, 3.8) is 0 Å². The summed E-state index contributed by atoms with van der Waals surface area (Å²) in [5.74, 6) is -0.0672. The van der Waals surface area contributed by atoms with Gasteiger partial charge in [0.25, 0.3) is 0 Å². The van der Waals surface area contributed by atoms with Gasteiger partial charge in [0, 0.05) is 32.3 Å². The van der Waals surface area contributed by atoms with Gasteiger partial charge in [-0.15, -0.1) is 0 Å². The molecule has 126 valence electrons. The highest BCUT2D eigenvalue weighted by Crippen LogP contribution is 2.13. The Morgan fingerprint density at radius 2 is 2.00 bits per heavy atom. The topological polar surface area (TPSA) is 41.6 Å². The first-order valence-corrected chi connectivity index (χ1v) is 9.10. The molecule has 1 saturated heterocycles. The monoisotopic (exact) mass is 342 g/mol. The Hall–Kier alpha value is -1.95. The average molecular weight is 342 g/mol. The minimum atomic E-state index is -0.0672. The molecule has 2 aromatic rings. The van der Waals surface area contributed by atoms with E-state index in [-0.39, 0.29) is 5.91 Å². The summed E-state index contributed by atoms with van der Waals surface area (Å²) in [5.41, 5.74) is 3.49. The van der Waals surface area contributed by atoms with Gasteiger partial charge in [0.15, 0.2) is 0 Å². The Balaban J connectivity index is 1.55. The minimum Gasteiger partial charge on any atom is -0.379 e. The molecule has 0 bridgehead atoms. The molecule has 0 radical (unpaired) electrons. The molecule has 0 spiro atoms. The molecule has 2 heterocycles. The van der Waals surface area contributed by atoms with Gasteiger partial charge in [0.2, 0.25) is 5.91 Å². The predicted molar refractivity (Wildman–Crippen MR) is 97.7 cm³/mol. The number of morpholine rings is 1. The molecule has 3 rings (SSSR count). The van der Waals surface area contributed by atoms with Gasteiger partial charge in [0.1, 0.15) is 0 Å². The molecule has 1 aromatic heterocycles. The maximum absolute atomic E-state index is 12.0. The number of carbonyl (C=O) groups excluding carboxylic acids is 1. The molecule has 0 saturated carbocycles. The molecule has 1 fully saturated rings. The number of benzene rings is 1. The molecule has 1 aliphatic heterocycles. The zero-order valence-electron chi connectivity index (χ0n) is 13.6. The van der Waals surface area contributed by atoms with E-state index in [0.717, 1.165) is 38.4 Å². The van der Waals surface area contributed by atoms with Crippen LogP contribution in [0.5, 0.6) is 0 Å². The third kappa shape index (κ3) is 5.03. The van der Waals surface area contributed by atoms with Crippen molar-refractivity contribution < 1.29 is 9.53 Å². The number of carbonyl (C=O) groups is 1. The highest BCUT2D eigenvalue weighted by Gasteiger charge is 2.12. The maximum Gasteiger partial charge on any atom is 0.244 e. The summed E-state index contributed by atoms with van der Waals surface area (Å²) in [7, 11) is 0. The van der Waals surface area contributed by atoms with E-state index in [9.17, 15) is 4.79 Å². The zero-order valence-corrected chi connectivity index (χ0v) is 14.4. The molecular weight excluding hydrogens is 320 g/mol. The average Bonchev–Trinajstić information content (AvgIpc) is 3.14. The zero-order chi connectivity index (χ0) is 16.6. The first kappa shape index (κ1) is 16.9. The fourth-order valence-corrected chi connectivity index (χ4v) is 3.30. The molecule has 24 heavy (non-hydrogen) atoms. The molecule has 4 nitrogen and oxygen atoms in total. The number of ether oxygens (including phenoxy) is 1. The van der Waals surface area contributed by atoms with Crippen molar-refractivity contribution >= 4 is 23.3 Å². The van der Waals surface area contributed by atoms with E-state index in [4.69, 9.17) is 4.74 Å². The Morgan fingerprint density at radius 3 is 2.75 bits per heavy atom. The second kappa shape index (κ2) is 8.78. The van der Waals surface area contributed by atoms with Crippen LogP contribution in [-0.2, 0) is 22.6 Å². The number of hydrogen-bond acceptors (Lipinski definition) is 4. The lowest BCUT2D eigenvalue weighted by Gasteiger charge is -2.27. The van der Waals surface area contributed by atoms with E-state index in [0.29, 0.717) is 6.54 Å². The van der Waals surface area contributed by atoms with Crippen LogP contribution >= 0.6 is 11.3 Å². The van der Waals surface area contributed by atoms with Crippen LogP contribution in [0.3, 0.4) is 0 Å². The number of hydrogen-bond donors (Lipinski definition) is 1. The fourth-order valence-electron chi connectivity index (χ4n) is 2.67. The number of nitrogens with one attached hydrogen (secondary N) is 1. The first-order valence-electron chi connectivity index (χ1n) is 8.16. The van der Waals surface area contributed by atoms with Crippen molar-refractivity contribution in [2.45, 2.75) is 13.1 Å². The van der Waals surface area contributed by atoms with Gasteiger partial charge < -0.3 is 10.1 Å². The summed E-state index contributed by atoms with van der Waals surface area (Å²) in [6.45, 7) is 4.97. The summed E-state index contributed by atoms with van der Waals surface area (Å²) in [6, 6.07) is 10.3. The summed E-state index contributed by atoms with van der Waals surface area (Å²) in [4.78, 5) is 14.4. The molecule has 1 aliphatic rings. The van der Waals surface area contributed by atoms with Crippen LogP contribution in [0.1, 0.15) is 16.7 Å². The SMILES string of the molecule is O=C(C=Cc1ccsc1)NCc1ccccc1CN1CCOCC1. The van der Waals surface area contributed by atoms with Crippen molar-refractivity contribution in [1.29, 1.82) is 0 Å². The van der Waals surface area contributed by atoms with Gasteiger partial charge in [-0.25, -0.2) is 0 Å². The summed E-state index contributed by atoms with van der Waals surface area (Å²) < 4.78 is 5.40. The van der Waals surface area contributed by atoms with Gasteiger partial charge >= 0.3 is 0 Å². The van der Waals surface area contributed by atoms with Crippen LogP contribution in [0.4, 0.5) is 0 Å². The quantitative estimate of drug-likeness (QED) is 0.821. The van der Waals surface area contributed by atoms with Gasteiger partial charge in [-0.3, -0.25) is 9.69 Å². The Kier molecular flexibility index (Phi) is 6.18. The highest BCUT2D eigenvalue weighted by molar-refractivity contribution is 7.08. The van der Waals surface area contributed by atoms with Crippen molar-refractivity contribution in [3.8, 4) is 0 Å². The van der Waals surface area contributed by atoms with Gasteiger partial charge in [-0.05, 0) is 39.6 Å². The van der Waals surface area contributed by atoms with E-state index < -0.39 is 0 Å². The molecule has 1 aromatic carbocycles.